The molecule has 182 valence electrons. The fraction of sp³-hybridized carbons (Fsp3) is 0.593. The number of aliphatic hydroxyl groups is 1. The van der Waals surface area contributed by atoms with Crippen LogP contribution in [0.4, 0.5) is 5.82 Å². The van der Waals surface area contributed by atoms with Gasteiger partial charge in [0.25, 0.3) is 0 Å². The van der Waals surface area contributed by atoms with Crippen molar-refractivity contribution in [3.05, 3.63) is 53.0 Å². The number of rotatable bonds is 4. The molecule has 0 bridgehead atoms. The quantitative estimate of drug-likeness (QED) is 0.752. The summed E-state index contributed by atoms with van der Waals surface area (Å²) in [5.41, 5.74) is 3.26. The standard InChI is InChI=1S/C27H37N5O2/c1-18-7-9-20(10-8-18)23(21-6-5-11-30(21)4)26(33)32-14-12-31(13-15-32)25-22-19(2)16-27(3,34)24(22)28-17-29-25/h7-10,17,19,21,23,34H,5-6,11-16H2,1-4H3/t19-,21+,23+,27-/m1/s1. The highest BCUT2D eigenvalue weighted by atomic mass is 16.3. The number of nitrogens with zero attached hydrogens (tertiary/aromatic N) is 5. The Morgan fingerprint density at radius 3 is 2.47 bits per heavy atom. The van der Waals surface area contributed by atoms with Gasteiger partial charge < -0.3 is 19.8 Å². The third-order valence-electron chi connectivity index (χ3n) is 8.12. The van der Waals surface area contributed by atoms with E-state index in [0.29, 0.717) is 19.5 Å². The number of carbonyl (C=O) groups excluding carboxylic acids is 1. The average Bonchev–Trinajstić information content (AvgIpc) is 3.35. The maximum absolute atomic E-state index is 13.9. The summed E-state index contributed by atoms with van der Waals surface area (Å²) >= 11 is 0. The highest BCUT2D eigenvalue weighted by Gasteiger charge is 2.42. The van der Waals surface area contributed by atoms with Gasteiger partial charge in [-0.3, -0.25) is 4.79 Å². The van der Waals surface area contributed by atoms with Crippen molar-refractivity contribution in [3.8, 4) is 0 Å². The predicted octanol–water partition coefficient (Wildman–Crippen LogP) is 3.03. The molecule has 0 spiro atoms. The van der Waals surface area contributed by atoms with Crippen molar-refractivity contribution in [2.45, 2.75) is 63.5 Å². The van der Waals surface area contributed by atoms with Crippen molar-refractivity contribution in [2.24, 2.45) is 0 Å². The molecule has 1 N–H and O–H groups in total. The zero-order chi connectivity index (χ0) is 24.0. The summed E-state index contributed by atoms with van der Waals surface area (Å²) in [7, 11) is 2.15. The molecule has 1 aliphatic carbocycles. The summed E-state index contributed by atoms with van der Waals surface area (Å²) < 4.78 is 0. The number of piperazine rings is 1. The number of likely N-dealkylation sites (tertiary alicyclic amines) is 1. The minimum atomic E-state index is -0.904. The summed E-state index contributed by atoms with van der Waals surface area (Å²) in [5.74, 6) is 1.25. The molecule has 34 heavy (non-hydrogen) atoms. The number of likely N-dealkylation sites (N-methyl/N-ethyl adjacent to an activating group) is 1. The fourth-order valence-corrected chi connectivity index (χ4v) is 6.31. The number of benzene rings is 1. The van der Waals surface area contributed by atoms with E-state index in [1.54, 1.807) is 6.33 Å². The lowest BCUT2D eigenvalue weighted by atomic mass is 9.88. The summed E-state index contributed by atoms with van der Waals surface area (Å²) in [6.45, 7) is 9.96. The number of fused-ring (bicyclic) bond motifs is 1. The van der Waals surface area contributed by atoms with Crippen LogP contribution in [0.25, 0.3) is 0 Å². The second-order valence-electron chi connectivity index (χ2n) is 10.7. The molecule has 4 atom stereocenters. The van der Waals surface area contributed by atoms with Crippen LogP contribution >= 0.6 is 0 Å². The lowest BCUT2D eigenvalue weighted by molar-refractivity contribution is -0.134. The molecule has 0 unspecified atom stereocenters. The molecule has 2 fully saturated rings. The van der Waals surface area contributed by atoms with Gasteiger partial charge in [0.1, 0.15) is 17.7 Å². The Morgan fingerprint density at radius 1 is 1.12 bits per heavy atom. The molecule has 7 nitrogen and oxygen atoms in total. The van der Waals surface area contributed by atoms with E-state index in [9.17, 15) is 9.90 Å². The average molecular weight is 464 g/mol. The second kappa shape index (κ2) is 8.93. The second-order valence-corrected chi connectivity index (χ2v) is 10.7. The van der Waals surface area contributed by atoms with Crippen LogP contribution in [0.3, 0.4) is 0 Å². The van der Waals surface area contributed by atoms with Gasteiger partial charge in [0.2, 0.25) is 5.91 Å². The SMILES string of the molecule is Cc1ccc([C@H](C(=O)N2CCN(c3ncnc4c3[C@H](C)C[C@@]4(C)O)CC2)[C@@H]2CCCN2C)cc1. The minimum absolute atomic E-state index is 0.127. The van der Waals surface area contributed by atoms with Crippen LogP contribution in [0.5, 0.6) is 0 Å². The molecule has 1 aromatic heterocycles. The maximum Gasteiger partial charge on any atom is 0.231 e. The van der Waals surface area contributed by atoms with Crippen molar-refractivity contribution < 1.29 is 9.90 Å². The maximum atomic E-state index is 13.9. The van der Waals surface area contributed by atoms with Gasteiger partial charge in [0.15, 0.2) is 0 Å². The van der Waals surface area contributed by atoms with E-state index in [2.05, 4.69) is 64.9 Å². The summed E-state index contributed by atoms with van der Waals surface area (Å²) in [6, 6.07) is 8.76. The Hall–Kier alpha value is -2.51. The van der Waals surface area contributed by atoms with Crippen LogP contribution in [0.1, 0.15) is 67.3 Å². The van der Waals surface area contributed by atoms with Gasteiger partial charge in [-0.15, -0.1) is 0 Å². The first-order chi connectivity index (χ1) is 16.3. The molecular formula is C27H37N5O2. The third kappa shape index (κ3) is 4.09. The normalized spacial score (nSPS) is 28.3. The molecule has 0 radical (unpaired) electrons. The zero-order valence-corrected chi connectivity index (χ0v) is 20.9. The topological polar surface area (TPSA) is 72.8 Å². The number of aromatic nitrogens is 2. The Balaban J connectivity index is 1.35. The minimum Gasteiger partial charge on any atom is -0.384 e. The van der Waals surface area contributed by atoms with Gasteiger partial charge in [-0.1, -0.05) is 36.8 Å². The zero-order valence-electron chi connectivity index (χ0n) is 20.9. The Kier molecular flexibility index (Phi) is 6.10. The van der Waals surface area contributed by atoms with E-state index in [1.165, 1.54) is 5.56 Å². The number of aryl methyl sites for hydroxylation is 1. The van der Waals surface area contributed by atoms with E-state index >= 15 is 0 Å². The van der Waals surface area contributed by atoms with Crippen molar-refractivity contribution in [3.63, 3.8) is 0 Å². The van der Waals surface area contributed by atoms with Gasteiger partial charge >= 0.3 is 0 Å². The number of anilines is 1. The Bertz CT molecular complexity index is 1050. The Labute approximate surface area is 202 Å². The Morgan fingerprint density at radius 2 is 1.82 bits per heavy atom. The largest absolute Gasteiger partial charge is 0.384 e. The van der Waals surface area contributed by atoms with Gasteiger partial charge in [-0.05, 0) is 58.2 Å². The monoisotopic (exact) mass is 463 g/mol. The number of amides is 1. The summed E-state index contributed by atoms with van der Waals surface area (Å²) in [5, 5.41) is 10.8. The molecule has 2 saturated heterocycles. The molecule has 0 saturated carbocycles. The van der Waals surface area contributed by atoms with Gasteiger partial charge in [-0.2, -0.15) is 0 Å². The molecule has 2 aliphatic heterocycles. The highest BCUT2D eigenvalue weighted by Crippen LogP contribution is 2.46. The lowest BCUT2D eigenvalue weighted by Gasteiger charge is -2.39. The van der Waals surface area contributed by atoms with Gasteiger partial charge in [0.05, 0.1) is 11.6 Å². The van der Waals surface area contributed by atoms with Crippen molar-refractivity contribution in [2.75, 3.05) is 44.7 Å². The van der Waals surface area contributed by atoms with Gasteiger partial charge in [0, 0.05) is 37.8 Å². The summed E-state index contributed by atoms with van der Waals surface area (Å²) in [6.07, 6.45) is 4.44. The molecule has 2 aromatic rings. The summed E-state index contributed by atoms with van der Waals surface area (Å²) in [4.78, 5) is 29.6. The fourth-order valence-electron chi connectivity index (χ4n) is 6.31. The van der Waals surface area contributed by atoms with Crippen LogP contribution in [0, 0.1) is 6.92 Å². The molecule has 7 heteroatoms. The molecule has 3 aliphatic rings. The van der Waals surface area contributed by atoms with Crippen LogP contribution in [0.2, 0.25) is 0 Å². The van der Waals surface area contributed by atoms with E-state index in [-0.39, 0.29) is 23.8 Å². The first kappa shape index (κ1) is 23.2. The van der Waals surface area contributed by atoms with Gasteiger partial charge in [-0.25, -0.2) is 9.97 Å². The molecule has 3 heterocycles. The van der Waals surface area contributed by atoms with E-state index in [1.807, 2.05) is 11.8 Å². The van der Waals surface area contributed by atoms with Crippen LogP contribution in [0.15, 0.2) is 30.6 Å². The van der Waals surface area contributed by atoms with E-state index < -0.39 is 5.60 Å². The third-order valence-corrected chi connectivity index (χ3v) is 8.12. The number of carbonyl (C=O) groups is 1. The first-order valence-corrected chi connectivity index (χ1v) is 12.6. The molecule has 1 aromatic carbocycles. The molecule has 5 rings (SSSR count). The van der Waals surface area contributed by atoms with Crippen molar-refractivity contribution in [1.29, 1.82) is 0 Å². The molecule has 1 amide bonds. The smallest absolute Gasteiger partial charge is 0.231 e. The van der Waals surface area contributed by atoms with Crippen LogP contribution < -0.4 is 4.90 Å². The highest BCUT2D eigenvalue weighted by molar-refractivity contribution is 5.85. The van der Waals surface area contributed by atoms with Crippen LogP contribution in [-0.2, 0) is 10.4 Å². The number of hydrogen-bond acceptors (Lipinski definition) is 6. The van der Waals surface area contributed by atoms with Crippen LogP contribution in [-0.4, -0.2) is 76.6 Å². The molecular weight excluding hydrogens is 426 g/mol. The van der Waals surface area contributed by atoms with Crippen molar-refractivity contribution >= 4 is 11.7 Å². The van der Waals surface area contributed by atoms with E-state index in [0.717, 1.165) is 55.1 Å². The first-order valence-electron chi connectivity index (χ1n) is 12.6. The van der Waals surface area contributed by atoms with Crippen molar-refractivity contribution in [1.82, 2.24) is 19.8 Å². The number of hydrogen-bond donors (Lipinski definition) is 1. The predicted molar refractivity (Wildman–Crippen MR) is 133 cm³/mol. The lowest BCUT2D eigenvalue weighted by Crippen LogP contribution is -2.52. The van der Waals surface area contributed by atoms with E-state index in [4.69, 9.17) is 0 Å².